The number of carbonyl (C=O) groups is 1. The van der Waals surface area contributed by atoms with Crippen LogP contribution < -0.4 is 10.5 Å². The molecule has 1 amide bonds. The van der Waals surface area contributed by atoms with Crippen molar-refractivity contribution in [2.75, 3.05) is 12.3 Å². The summed E-state index contributed by atoms with van der Waals surface area (Å²) in [4.78, 5) is 31.0. The van der Waals surface area contributed by atoms with Gasteiger partial charge in [0.05, 0.1) is 11.2 Å². The quantitative estimate of drug-likeness (QED) is 0.386. The lowest BCUT2D eigenvalue weighted by molar-refractivity contribution is 0.0349. The average Bonchev–Trinajstić information content (AvgIpc) is 3.43. The molecule has 1 aliphatic rings. The van der Waals surface area contributed by atoms with E-state index in [1.54, 1.807) is 31.5 Å². The van der Waals surface area contributed by atoms with Crippen LogP contribution in [0, 0.1) is 19.7 Å². The largest absolute Gasteiger partial charge is 0.443 e. The van der Waals surface area contributed by atoms with Gasteiger partial charge in [-0.05, 0) is 64.8 Å². The topological polar surface area (TPSA) is 121 Å². The van der Waals surface area contributed by atoms with Crippen LogP contribution in [0.25, 0.3) is 22.3 Å². The number of carbonyl (C=O) groups excluding carboxylic acids is 1. The van der Waals surface area contributed by atoms with Gasteiger partial charge in [-0.1, -0.05) is 0 Å². The van der Waals surface area contributed by atoms with Crippen molar-refractivity contribution in [2.45, 2.75) is 46.6 Å². The van der Waals surface area contributed by atoms with Crippen LogP contribution >= 0.6 is 0 Å². The van der Waals surface area contributed by atoms with Gasteiger partial charge < -0.3 is 19.8 Å². The summed E-state index contributed by atoms with van der Waals surface area (Å²) >= 11 is 0. The SMILES string of the molecule is Cc1ccnc(Oc2ccc(-n3c(C4=CN(C(=O)OC(C)(C)C)CC4)c(C)c4ncnc(N)c43)cc2F)n1. The van der Waals surface area contributed by atoms with Crippen LogP contribution in [-0.4, -0.2) is 47.6 Å². The first kappa shape index (κ1) is 25.1. The van der Waals surface area contributed by atoms with Gasteiger partial charge in [0.1, 0.15) is 17.4 Å². The Bertz CT molecular complexity index is 1590. The number of nitrogens with two attached hydrogens (primary N) is 1. The van der Waals surface area contributed by atoms with Crippen molar-refractivity contribution >= 4 is 28.5 Å². The Labute approximate surface area is 218 Å². The summed E-state index contributed by atoms with van der Waals surface area (Å²) in [6, 6.07) is 6.35. The zero-order chi connectivity index (χ0) is 27.2. The number of halogens is 1. The molecule has 0 bridgehead atoms. The van der Waals surface area contributed by atoms with Crippen LogP contribution in [0.3, 0.4) is 0 Å². The molecule has 196 valence electrons. The van der Waals surface area contributed by atoms with Crippen molar-refractivity contribution in [1.29, 1.82) is 0 Å². The van der Waals surface area contributed by atoms with Crippen molar-refractivity contribution in [3.05, 3.63) is 65.8 Å². The molecule has 0 saturated carbocycles. The molecule has 1 aliphatic heterocycles. The Morgan fingerprint density at radius 3 is 2.63 bits per heavy atom. The Kier molecular flexibility index (Phi) is 6.22. The number of aryl methyl sites for hydroxylation is 2. The molecular weight excluding hydrogens is 489 g/mol. The molecule has 3 aromatic heterocycles. The van der Waals surface area contributed by atoms with Gasteiger partial charge in [0.2, 0.25) is 0 Å². The predicted molar refractivity (Wildman–Crippen MR) is 140 cm³/mol. The number of hydrogen-bond donors (Lipinski definition) is 1. The maximum Gasteiger partial charge on any atom is 0.414 e. The molecule has 38 heavy (non-hydrogen) atoms. The van der Waals surface area contributed by atoms with E-state index in [0.717, 1.165) is 16.8 Å². The van der Waals surface area contributed by atoms with Crippen molar-refractivity contribution < 1.29 is 18.7 Å². The third kappa shape index (κ3) is 4.74. The van der Waals surface area contributed by atoms with E-state index in [4.69, 9.17) is 15.2 Å². The Morgan fingerprint density at radius 1 is 1.13 bits per heavy atom. The monoisotopic (exact) mass is 517 g/mol. The Morgan fingerprint density at radius 2 is 1.92 bits per heavy atom. The first-order valence-electron chi connectivity index (χ1n) is 12.1. The van der Waals surface area contributed by atoms with Crippen LogP contribution in [0.1, 0.15) is 44.1 Å². The average molecular weight is 518 g/mol. The highest BCUT2D eigenvalue weighted by molar-refractivity contribution is 5.95. The summed E-state index contributed by atoms with van der Waals surface area (Å²) in [5.74, 6) is -0.375. The van der Waals surface area contributed by atoms with Gasteiger partial charge in [0.25, 0.3) is 0 Å². The van der Waals surface area contributed by atoms with E-state index in [9.17, 15) is 4.79 Å². The van der Waals surface area contributed by atoms with Crippen LogP contribution in [0.15, 0.2) is 43.0 Å². The summed E-state index contributed by atoms with van der Waals surface area (Å²) < 4.78 is 28.3. The van der Waals surface area contributed by atoms with E-state index < -0.39 is 17.5 Å². The molecule has 0 saturated heterocycles. The van der Waals surface area contributed by atoms with Gasteiger partial charge >= 0.3 is 12.1 Å². The van der Waals surface area contributed by atoms with Gasteiger partial charge in [-0.3, -0.25) is 4.90 Å². The Balaban J connectivity index is 1.60. The van der Waals surface area contributed by atoms with Crippen LogP contribution in [0.4, 0.5) is 15.0 Å². The standard InChI is InChI=1S/C27H28FN7O3/c1-15-8-10-30-25(33-15)37-20-7-6-18(12-19(20)28)35-22(16(2)21-23(35)24(29)32-14-31-21)17-9-11-34(13-17)26(36)38-27(3,4)5/h6-8,10,12-14H,9,11H2,1-5H3,(H2,29,31,32). The molecule has 0 spiro atoms. The molecule has 0 unspecified atom stereocenters. The maximum absolute atomic E-state index is 15.3. The third-order valence-corrected chi connectivity index (χ3v) is 6.02. The van der Waals surface area contributed by atoms with E-state index in [1.165, 1.54) is 23.4 Å². The van der Waals surface area contributed by atoms with Crippen LogP contribution in [-0.2, 0) is 4.74 Å². The molecule has 4 aromatic rings. The fourth-order valence-corrected chi connectivity index (χ4v) is 4.41. The molecule has 11 heteroatoms. The van der Waals surface area contributed by atoms with E-state index in [2.05, 4.69) is 19.9 Å². The minimum atomic E-state index is -0.618. The lowest BCUT2D eigenvalue weighted by Crippen LogP contribution is -2.32. The van der Waals surface area contributed by atoms with Crippen molar-refractivity contribution in [2.24, 2.45) is 0 Å². The minimum Gasteiger partial charge on any atom is -0.443 e. The van der Waals surface area contributed by atoms with Gasteiger partial charge in [-0.25, -0.2) is 29.1 Å². The highest BCUT2D eigenvalue weighted by Gasteiger charge is 2.29. The van der Waals surface area contributed by atoms with Crippen molar-refractivity contribution in [3.63, 3.8) is 0 Å². The second-order valence-electron chi connectivity index (χ2n) is 10.0. The molecular formula is C27H28FN7O3. The number of amides is 1. The zero-order valence-electron chi connectivity index (χ0n) is 21.8. The van der Waals surface area contributed by atoms with Crippen molar-refractivity contribution in [1.82, 2.24) is 29.4 Å². The fourth-order valence-electron chi connectivity index (χ4n) is 4.41. The summed E-state index contributed by atoms with van der Waals surface area (Å²) in [6.45, 7) is 9.62. The highest BCUT2D eigenvalue weighted by Crippen LogP contribution is 2.38. The summed E-state index contributed by atoms with van der Waals surface area (Å²) in [5, 5.41) is 0. The van der Waals surface area contributed by atoms with Crippen molar-refractivity contribution in [3.8, 4) is 17.4 Å². The number of fused-ring (bicyclic) bond motifs is 1. The number of hydrogen-bond acceptors (Lipinski definition) is 8. The van der Waals surface area contributed by atoms with Crippen LogP contribution in [0.5, 0.6) is 11.8 Å². The summed E-state index contributed by atoms with van der Waals surface area (Å²) in [7, 11) is 0. The molecule has 0 aliphatic carbocycles. The summed E-state index contributed by atoms with van der Waals surface area (Å²) in [5.41, 5.74) is 10.5. The molecule has 0 fully saturated rings. The van der Waals surface area contributed by atoms with E-state index >= 15 is 4.39 Å². The second-order valence-corrected chi connectivity index (χ2v) is 10.0. The normalized spacial score (nSPS) is 13.6. The summed E-state index contributed by atoms with van der Waals surface area (Å²) in [6.07, 6.45) is 4.84. The van der Waals surface area contributed by atoms with E-state index in [0.29, 0.717) is 35.4 Å². The molecule has 4 heterocycles. The second kappa shape index (κ2) is 9.40. The molecule has 0 atom stereocenters. The van der Waals surface area contributed by atoms with E-state index in [1.807, 2.05) is 32.3 Å². The molecule has 10 nitrogen and oxygen atoms in total. The lowest BCUT2D eigenvalue weighted by atomic mass is 10.1. The van der Waals surface area contributed by atoms with Gasteiger partial charge in [-0.15, -0.1) is 0 Å². The number of anilines is 1. The minimum absolute atomic E-state index is 0.0190. The molecule has 2 N–H and O–H groups in total. The number of rotatable bonds is 4. The number of benzene rings is 1. The number of nitrogens with zero attached hydrogens (tertiary/aromatic N) is 6. The molecule has 5 rings (SSSR count). The van der Waals surface area contributed by atoms with Gasteiger partial charge in [-0.2, -0.15) is 0 Å². The smallest absolute Gasteiger partial charge is 0.414 e. The highest BCUT2D eigenvalue weighted by atomic mass is 19.1. The predicted octanol–water partition coefficient (Wildman–Crippen LogP) is 5.32. The number of aromatic nitrogens is 5. The maximum atomic E-state index is 15.3. The molecule has 0 radical (unpaired) electrons. The number of ether oxygens (including phenoxy) is 2. The van der Waals surface area contributed by atoms with Crippen LogP contribution in [0.2, 0.25) is 0 Å². The van der Waals surface area contributed by atoms with Gasteiger partial charge in [0.15, 0.2) is 17.4 Å². The lowest BCUT2D eigenvalue weighted by Gasteiger charge is -2.23. The Hall–Kier alpha value is -4.54. The zero-order valence-corrected chi connectivity index (χ0v) is 21.8. The molecule has 1 aromatic carbocycles. The third-order valence-electron chi connectivity index (χ3n) is 6.02. The van der Waals surface area contributed by atoms with E-state index in [-0.39, 0.29) is 17.6 Å². The van der Waals surface area contributed by atoms with Gasteiger partial charge in [0, 0.05) is 42.0 Å². The first-order valence-corrected chi connectivity index (χ1v) is 12.1. The first-order chi connectivity index (χ1) is 18.0. The fraction of sp³-hybridized carbons (Fsp3) is 0.296. The number of nitrogen functional groups attached to an aromatic ring is 1.